The molecule has 1 aliphatic heterocycles. The number of amides is 2. The van der Waals surface area contributed by atoms with Gasteiger partial charge in [-0.25, -0.2) is 0 Å². The van der Waals surface area contributed by atoms with Crippen LogP contribution in [0.15, 0.2) is 40.2 Å². The summed E-state index contributed by atoms with van der Waals surface area (Å²) in [6.45, 7) is 3.15. The first kappa shape index (κ1) is 18.8. The van der Waals surface area contributed by atoms with Crippen LogP contribution in [-0.4, -0.2) is 63.4 Å². The predicted octanol–water partition coefficient (Wildman–Crippen LogP) is 2.01. The summed E-state index contributed by atoms with van der Waals surface area (Å²) in [6, 6.07) is 5.81. The van der Waals surface area contributed by atoms with Gasteiger partial charge in [0.25, 0.3) is 6.41 Å². The van der Waals surface area contributed by atoms with Crippen molar-refractivity contribution in [3.63, 3.8) is 0 Å². The molecule has 0 saturated carbocycles. The molecule has 1 fully saturated rings. The van der Waals surface area contributed by atoms with Crippen LogP contribution in [0.25, 0.3) is 10.9 Å². The Morgan fingerprint density at radius 3 is 3.00 bits per heavy atom. The van der Waals surface area contributed by atoms with Gasteiger partial charge in [0.2, 0.25) is 5.91 Å². The predicted molar refractivity (Wildman–Crippen MR) is 99.1 cm³/mol. The number of nitrogens with one attached hydrogen (secondary N) is 1. The number of nitrogens with zero attached hydrogens (tertiary/aromatic N) is 5. The lowest BCUT2D eigenvalue weighted by Gasteiger charge is -2.36. The first-order valence-corrected chi connectivity index (χ1v) is 8.61. The third-order valence-electron chi connectivity index (χ3n) is 4.33. The Morgan fingerprint density at radius 1 is 1.48 bits per heavy atom. The van der Waals surface area contributed by atoms with Crippen molar-refractivity contribution in [3.05, 3.63) is 40.7 Å². The van der Waals surface area contributed by atoms with Crippen molar-refractivity contribution < 1.29 is 14.1 Å². The lowest BCUT2D eigenvalue weighted by atomic mass is 10.1. The van der Waals surface area contributed by atoms with Crippen molar-refractivity contribution in [2.24, 2.45) is 5.10 Å². The van der Waals surface area contributed by atoms with E-state index < -0.39 is 0 Å². The Hall–Kier alpha value is -2.94. The molecule has 1 aliphatic rings. The molecule has 8 nitrogen and oxygen atoms in total. The van der Waals surface area contributed by atoms with Gasteiger partial charge in [-0.1, -0.05) is 33.4 Å². The summed E-state index contributed by atoms with van der Waals surface area (Å²) in [6.07, 6.45) is 2.80. The molecule has 2 aromatic rings. The first-order valence-electron chi connectivity index (χ1n) is 8.24. The second-order valence-corrected chi connectivity index (χ2v) is 6.61. The maximum absolute atomic E-state index is 12.9. The van der Waals surface area contributed by atoms with Gasteiger partial charge in [-0.15, -0.1) is 5.10 Å². The summed E-state index contributed by atoms with van der Waals surface area (Å²) in [5, 5.41) is 11.3. The molecule has 3 rings (SSSR count). The normalized spacial score (nSPS) is 16.2. The van der Waals surface area contributed by atoms with E-state index in [0.29, 0.717) is 30.4 Å². The van der Waals surface area contributed by atoms with Gasteiger partial charge in [0.05, 0.1) is 30.2 Å². The molecule has 0 atom stereocenters. The van der Waals surface area contributed by atoms with Crippen molar-refractivity contribution in [2.75, 3.05) is 19.6 Å². The van der Waals surface area contributed by atoms with E-state index in [-0.39, 0.29) is 24.1 Å². The topological polar surface area (TPSA) is 84.9 Å². The number of carbonyl (C=O) groups is 2. The average molecular weight is 393 g/mol. The number of fused-ring (bicyclic) bond motifs is 1. The van der Waals surface area contributed by atoms with Crippen LogP contribution in [0.2, 0.25) is 0 Å². The Balaban J connectivity index is 1.71. The van der Waals surface area contributed by atoms with E-state index in [9.17, 15) is 14.1 Å². The highest BCUT2D eigenvalue weighted by atomic mass is 35.5. The third kappa shape index (κ3) is 4.25. The van der Waals surface area contributed by atoms with Crippen LogP contribution in [0.4, 0.5) is 4.48 Å². The van der Waals surface area contributed by atoms with Gasteiger partial charge in [0.1, 0.15) is 0 Å². The van der Waals surface area contributed by atoms with E-state index >= 15 is 0 Å². The number of carbonyl (C=O) groups excluding carboxylic acids is 2. The highest BCUT2D eigenvalue weighted by molar-refractivity contribution is 6.30. The zero-order chi connectivity index (χ0) is 19.4. The fourth-order valence-electron chi connectivity index (χ4n) is 2.98. The van der Waals surface area contributed by atoms with Gasteiger partial charge in [-0.2, -0.15) is 5.10 Å². The number of piperazine rings is 1. The molecule has 1 N–H and O–H groups in total. The minimum atomic E-state index is -0.358. The van der Waals surface area contributed by atoms with Gasteiger partial charge in [0.15, 0.2) is 0 Å². The van der Waals surface area contributed by atoms with Gasteiger partial charge < -0.3 is 9.80 Å². The molecule has 0 bridgehead atoms. The minimum absolute atomic E-state index is 0.0722. The summed E-state index contributed by atoms with van der Waals surface area (Å²) in [5.74, 6) is -0.0851. The molecule has 0 unspecified atom stereocenters. The van der Waals surface area contributed by atoms with Gasteiger partial charge >= 0.3 is 0 Å². The van der Waals surface area contributed by atoms with Crippen molar-refractivity contribution in [3.8, 4) is 0 Å². The number of aromatic amines is 1. The number of hydrogen-bond donors (Lipinski definition) is 1. The molecule has 1 aromatic carbocycles. The van der Waals surface area contributed by atoms with Crippen molar-refractivity contribution in [1.29, 1.82) is 0 Å². The Kier molecular flexibility index (Phi) is 5.70. The number of H-pyrrole nitrogens is 1. The zero-order valence-electron chi connectivity index (χ0n) is 14.6. The summed E-state index contributed by atoms with van der Waals surface area (Å²) < 4.78 is 12.9. The number of hydrazone groups is 1. The Bertz CT molecular complexity index is 908. The number of aromatic nitrogens is 2. The van der Waals surface area contributed by atoms with E-state index in [1.54, 1.807) is 22.9 Å². The number of hydrogen-bond acceptors (Lipinski definition) is 5. The second kappa shape index (κ2) is 8.17. The summed E-state index contributed by atoms with van der Waals surface area (Å²) in [5.41, 5.74) is 2.32. The van der Waals surface area contributed by atoms with Crippen molar-refractivity contribution in [1.82, 2.24) is 25.2 Å². The van der Waals surface area contributed by atoms with Gasteiger partial charge in [0, 0.05) is 30.1 Å². The second-order valence-electron chi connectivity index (χ2n) is 6.04. The van der Waals surface area contributed by atoms with Crippen LogP contribution in [0.1, 0.15) is 12.5 Å². The van der Waals surface area contributed by atoms with Crippen LogP contribution < -0.4 is 0 Å². The molecular weight excluding hydrogens is 375 g/mol. The summed E-state index contributed by atoms with van der Waals surface area (Å²) in [4.78, 5) is 26.4. The molecule has 0 spiro atoms. The van der Waals surface area contributed by atoms with Crippen LogP contribution >= 0.6 is 11.6 Å². The fraction of sp³-hybridized carbons (Fsp3) is 0.294. The molecule has 1 aromatic heterocycles. The standard InChI is InChI=1S/C17H18ClFN6O2/c1-12(18)16(8-21-25(19)11-26)23-5-6-24(17(27)10-23)9-13-3-2-4-15-14(13)7-20-22-15/h2-4,7-8,11H,5-6,9-10H2,1H3,(H,20,22)/b16-12-,21-8+. The molecule has 142 valence electrons. The van der Waals surface area contributed by atoms with Crippen LogP contribution in [0.5, 0.6) is 0 Å². The largest absolute Gasteiger partial charge is 0.358 e. The lowest BCUT2D eigenvalue weighted by molar-refractivity contribution is -0.135. The SMILES string of the molecule is C/C(Cl)=C(\C=N\N(F)C=O)N1CCN(Cc2cccc3[nH]ncc23)C(=O)C1. The molecule has 2 amide bonds. The smallest absolute Gasteiger partial charge is 0.262 e. The maximum Gasteiger partial charge on any atom is 0.262 e. The molecule has 10 heteroatoms. The van der Waals surface area contributed by atoms with E-state index in [1.165, 1.54) is 0 Å². The third-order valence-corrected chi connectivity index (χ3v) is 4.52. The van der Waals surface area contributed by atoms with E-state index in [1.807, 2.05) is 18.2 Å². The zero-order valence-corrected chi connectivity index (χ0v) is 15.4. The maximum atomic E-state index is 12.9. The number of allylic oxidation sites excluding steroid dienone is 2. The molecule has 0 aliphatic carbocycles. The van der Waals surface area contributed by atoms with E-state index in [0.717, 1.165) is 22.7 Å². The van der Waals surface area contributed by atoms with Gasteiger partial charge in [-0.05, 0) is 18.6 Å². The molecule has 2 heterocycles. The minimum Gasteiger partial charge on any atom is -0.358 e. The molecular formula is C17H18ClFN6O2. The molecule has 27 heavy (non-hydrogen) atoms. The fourth-order valence-corrected chi connectivity index (χ4v) is 3.15. The van der Waals surface area contributed by atoms with Crippen molar-refractivity contribution >= 4 is 41.0 Å². The average Bonchev–Trinajstić information content (AvgIpc) is 3.13. The Morgan fingerprint density at radius 2 is 2.30 bits per heavy atom. The van der Waals surface area contributed by atoms with Crippen molar-refractivity contribution in [2.45, 2.75) is 13.5 Å². The lowest BCUT2D eigenvalue weighted by Crippen LogP contribution is -2.49. The van der Waals surface area contributed by atoms with Crippen LogP contribution in [-0.2, 0) is 16.1 Å². The summed E-state index contributed by atoms with van der Waals surface area (Å²) in [7, 11) is 0. The van der Waals surface area contributed by atoms with E-state index in [4.69, 9.17) is 11.6 Å². The van der Waals surface area contributed by atoms with Gasteiger partial charge in [-0.3, -0.25) is 14.7 Å². The number of benzene rings is 1. The summed E-state index contributed by atoms with van der Waals surface area (Å²) >= 11 is 6.05. The monoisotopic (exact) mass is 392 g/mol. The Labute approximate surface area is 159 Å². The highest BCUT2D eigenvalue weighted by Crippen LogP contribution is 2.21. The molecule has 0 radical (unpaired) electrons. The quantitative estimate of drug-likeness (QED) is 0.352. The highest BCUT2D eigenvalue weighted by Gasteiger charge is 2.26. The first-order chi connectivity index (χ1) is 13.0. The van der Waals surface area contributed by atoms with Crippen LogP contribution in [0, 0.1) is 0 Å². The van der Waals surface area contributed by atoms with E-state index in [2.05, 4.69) is 15.3 Å². The number of rotatable bonds is 6. The molecule has 1 saturated heterocycles. The number of halogens is 2. The van der Waals surface area contributed by atoms with Crippen LogP contribution in [0.3, 0.4) is 0 Å².